The molecular formula is C12H20N2O2. The van der Waals surface area contributed by atoms with Crippen molar-refractivity contribution in [2.24, 2.45) is 0 Å². The zero-order chi connectivity index (χ0) is 11.6. The van der Waals surface area contributed by atoms with Crippen molar-refractivity contribution in [3.63, 3.8) is 0 Å². The van der Waals surface area contributed by atoms with E-state index in [4.69, 9.17) is 9.47 Å². The minimum absolute atomic E-state index is 0.669. The van der Waals surface area contributed by atoms with Gasteiger partial charge in [-0.2, -0.15) is 0 Å². The molecule has 1 aromatic rings. The maximum Gasteiger partial charge on any atom is 0.137 e. The minimum Gasteiger partial charge on any atom is -0.492 e. The van der Waals surface area contributed by atoms with Crippen LogP contribution in [-0.2, 0) is 11.3 Å². The van der Waals surface area contributed by atoms with Crippen LogP contribution in [0, 0.1) is 0 Å². The van der Waals surface area contributed by atoms with Gasteiger partial charge in [-0.05, 0) is 18.7 Å². The van der Waals surface area contributed by atoms with Gasteiger partial charge in [0.1, 0.15) is 5.75 Å². The van der Waals surface area contributed by atoms with Crippen molar-refractivity contribution in [3.05, 3.63) is 24.0 Å². The van der Waals surface area contributed by atoms with E-state index in [-0.39, 0.29) is 0 Å². The summed E-state index contributed by atoms with van der Waals surface area (Å²) in [4.78, 5) is 4.30. The molecule has 16 heavy (non-hydrogen) atoms. The monoisotopic (exact) mass is 224 g/mol. The second kappa shape index (κ2) is 8.07. The SMILES string of the molecule is CCNCc1ccc(OCCCOC)cn1. The van der Waals surface area contributed by atoms with Crippen LogP contribution in [0.2, 0.25) is 0 Å². The number of hydrogen-bond acceptors (Lipinski definition) is 4. The lowest BCUT2D eigenvalue weighted by Crippen LogP contribution is -2.12. The molecule has 0 radical (unpaired) electrons. The Morgan fingerprint density at radius 2 is 2.19 bits per heavy atom. The Kier molecular flexibility index (Phi) is 6.53. The molecule has 1 N–H and O–H groups in total. The first-order chi connectivity index (χ1) is 7.86. The standard InChI is InChI=1S/C12H20N2O2/c1-3-13-9-11-5-6-12(10-14-11)16-8-4-7-15-2/h5-6,10,13H,3-4,7-9H2,1-2H3. The highest BCUT2D eigenvalue weighted by Gasteiger charge is 1.96. The number of methoxy groups -OCH3 is 1. The van der Waals surface area contributed by atoms with Crippen LogP contribution in [0.25, 0.3) is 0 Å². The van der Waals surface area contributed by atoms with Gasteiger partial charge < -0.3 is 14.8 Å². The van der Waals surface area contributed by atoms with Gasteiger partial charge in [-0.25, -0.2) is 0 Å². The lowest BCUT2D eigenvalue weighted by molar-refractivity contribution is 0.172. The van der Waals surface area contributed by atoms with E-state index in [0.29, 0.717) is 6.61 Å². The Balaban J connectivity index is 2.27. The summed E-state index contributed by atoms with van der Waals surface area (Å²) in [6, 6.07) is 3.93. The van der Waals surface area contributed by atoms with Gasteiger partial charge in [0.05, 0.1) is 18.5 Å². The topological polar surface area (TPSA) is 43.4 Å². The summed E-state index contributed by atoms with van der Waals surface area (Å²) in [7, 11) is 1.69. The molecule has 4 heteroatoms. The fraction of sp³-hybridized carbons (Fsp3) is 0.583. The Bertz CT molecular complexity index is 275. The van der Waals surface area contributed by atoms with E-state index in [1.54, 1.807) is 13.3 Å². The first-order valence-electron chi connectivity index (χ1n) is 5.64. The molecule has 1 aromatic heterocycles. The number of hydrogen-bond donors (Lipinski definition) is 1. The van der Waals surface area contributed by atoms with Crippen molar-refractivity contribution in [1.82, 2.24) is 10.3 Å². The summed E-state index contributed by atoms with van der Waals surface area (Å²) in [5, 5.41) is 3.22. The van der Waals surface area contributed by atoms with Crippen LogP contribution < -0.4 is 10.1 Å². The first kappa shape index (κ1) is 12.9. The van der Waals surface area contributed by atoms with Crippen molar-refractivity contribution < 1.29 is 9.47 Å². The molecular weight excluding hydrogens is 204 g/mol. The normalized spacial score (nSPS) is 10.4. The van der Waals surface area contributed by atoms with Crippen molar-refractivity contribution in [3.8, 4) is 5.75 Å². The molecule has 0 saturated carbocycles. The lowest BCUT2D eigenvalue weighted by Gasteiger charge is -2.06. The average molecular weight is 224 g/mol. The van der Waals surface area contributed by atoms with Crippen molar-refractivity contribution in [2.45, 2.75) is 19.9 Å². The van der Waals surface area contributed by atoms with Gasteiger partial charge in [-0.1, -0.05) is 6.92 Å². The lowest BCUT2D eigenvalue weighted by atomic mass is 10.3. The zero-order valence-electron chi connectivity index (χ0n) is 10.0. The molecule has 4 nitrogen and oxygen atoms in total. The third kappa shape index (κ3) is 5.09. The predicted molar refractivity (Wildman–Crippen MR) is 63.6 cm³/mol. The van der Waals surface area contributed by atoms with Gasteiger partial charge >= 0.3 is 0 Å². The van der Waals surface area contributed by atoms with E-state index in [2.05, 4.69) is 17.2 Å². The van der Waals surface area contributed by atoms with Crippen LogP contribution in [0.1, 0.15) is 19.0 Å². The minimum atomic E-state index is 0.669. The summed E-state index contributed by atoms with van der Waals surface area (Å²) in [5.74, 6) is 0.816. The zero-order valence-corrected chi connectivity index (χ0v) is 10.0. The van der Waals surface area contributed by atoms with E-state index in [1.807, 2.05) is 12.1 Å². The predicted octanol–water partition coefficient (Wildman–Crippen LogP) is 1.61. The van der Waals surface area contributed by atoms with E-state index in [1.165, 1.54) is 0 Å². The summed E-state index contributed by atoms with van der Waals surface area (Å²) < 4.78 is 10.4. The number of aromatic nitrogens is 1. The molecule has 1 rings (SSSR count). The summed E-state index contributed by atoms with van der Waals surface area (Å²) in [6.45, 7) is 5.23. The molecule has 0 aromatic carbocycles. The van der Waals surface area contributed by atoms with Gasteiger partial charge in [-0.3, -0.25) is 4.98 Å². The Morgan fingerprint density at radius 3 is 2.81 bits per heavy atom. The van der Waals surface area contributed by atoms with E-state index < -0.39 is 0 Å². The number of ether oxygens (including phenoxy) is 2. The van der Waals surface area contributed by atoms with E-state index >= 15 is 0 Å². The molecule has 0 atom stereocenters. The third-order valence-electron chi connectivity index (χ3n) is 2.12. The smallest absolute Gasteiger partial charge is 0.137 e. The first-order valence-corrected chi connectivity index (χ1v) is 5.64. The molecule has 0 bridgehead atoms. The van der Waals surface area contributed by atoms with Gasteiger partial charge in [-0.15, -0.1) is 0 Å². The van der Waals surface area contributed by atoms with Gasteiger partial charge in [0, 0.05) is 26.7 Å². The highest BCUT2D eigenvalue weighted by molar-refractivity contribution is 5.19. The van der Waals surface area contributed by atoms with Crippen LogP contribution in [0.15, 0.2) is 18.3 Å². The molecule has 0 amide bonds. The van der Waals surface area contributed by atoms with Crippen LogP contribution in [0.5, 0.6) is 5.75 Å². The van der Waals surface area contributed by atoms with E-state index in [0.717, 1.165) is 37.6 Å². The van der Waals surface area contributed by atoms with Gasteiger partial charge in [0.2, 0.25) is 0 Å². The molecule has 0 saturated heterocycles. The van der Waals surface area contributed by atoms with Crippen LogP contribution in [-0.4, -0.2) is 31.9 Å². The van der Waals surface area contributed by atoms with Crippen molar-refractivity contribution in [2.75, 3.05) is 26.9 Å². The molecule has 0 aliphatic carbocycles. The average Bonchev–Trinajstić information content (AvgIpc) is 2.33. The molecule has 0 aliphatic rings. The molecule has 0 unspecified atom stereocenters. The Hall–Kier alpha value is -1.13. The Labute approximate surface area is 97.0 Å². The van der Waals surface area contributed by atoms with Crippen molar-refractivity contribution in [1.29, 1.82) is 0 Å². The highest BCUT2D eigenvalue weighted by Crippen LogP contribution is 2.09. The number of pyridine rings is 1. The number of nitrogens with one attached hydrogen (secondary N) is 1. The fourth-order valence-electron chi connectivity index (χ4n) is 1.25. The van der Waals surface area contributed by atoms with Gasteiger partial charge in [0.25, 0.3) is 0 Å². The maximum absolute atomic E-state index is 5.50. The number of rotatable bonds is 8. The molecule has 0 fully saturated rings. The van der Waals surface area contributed by atoms with Crippen LogP contribution in [0.4, 0.5) is 0 Å². The molecule has 90 valence electrons. The molecule has 1 heterocycles. The van der Waals surface area contributed by atoms with Crippen LogP contribution in [0.3, 0.4) is 0 Å². The largest absolute Gasteiger partial charge is 0.492 e. The second-order valence-corrected chi connectivity index (χ2v) is 3.46. The highest BCUT2D eigenvalue weighted by atomic mass is 16.5. The number of nitrogens with zero attached hydrogens (tertiary/aromatic N) is 1. The summed E-state index contributed by atoms with van der Waals surface area (Å²) in [5.41, 5.74) is 1.03. The van der Waals surface area contributed by atoms with Gasteiger partial charge in [0.15, 0.2) is 0 Å². The van der Waals surface area contributed by atoms with Crippen molar-refractivity contribution >= 4 is 0 Å². The molecule has 0 spiro atoms. The summed E-state index contributed by atoms with van der Waals surface area (Å²) in [6.07, 6.45) is 2.66. The fourth-order valence-corrected chi connectivity index (χ4v) is 1.25. The summed E-state index contributed by atoms with van der Waals surface area (Å²) >= 11 is 0. The van der Waals surface area contributed by atoms with E-state index in [9.17, 15) is 0 Å². The Morgan fingerprint density at radius 1 is 1.31 bits per heavy atom. The van der Waals surface area contributed by atoms with Crippen LogP contribution >= 0.6 is 0 Å². The third-order valence-corrected chi connectivity index (χ3v) is 2.12. The molecule has 0 aliphatic heterocycles. The quantitative estimate of drug-likeness (QED) is 0.681. The maximum atomic E-state index is 5.50. The second-order valence-electron chi connectivity index (χ2n) is 3.46.